The molecule has 0 aromatic heterocycles. The molecule has 3 atom stereocenters. The van der Waals surface area contributed by atoms with Gasteiger partial charge in [-0.25, -0.2) is 14.0 Å². The van der Waals surface area contributed by atoms with Crippen LogP contribution in [-0.2, 0) is 9.47 Å². The van der Waals surface area contributed by atoms with Crippen molar-refractivity contribution >= 4 is 34.1 Å². The molecule has 5 nitrogen and oxygen atoms in total. The lowest BCUT2D eigenvalue weighted by Gasteiger charge is -2.24. The van der Waals surface area contributed by atoms with Crippen molar-refractivity contribution in [2.24, 2.45) is 0 Å². The number of esters is 2. The topological polar surface area (TPSA) is 76.4 Å². The first-order chi connectivity index (χ1) is 18.5. The zero-order valence-corrected chi connectivity index (χ0v) is 21.9. The maximum Gasteiger partial charge on any atom is 0.338 e. The van der Waals surface area contributed by atoms with Crippen LogP contribution in [0.5, 0.6) is 0 Å². The second-order valence-corrected chi connectivity index (χ2v) is 9.66. The molecular weight excluding hydrogens is 549 g/mol. The number of alkyl halides is 2. The third kappa shape index (κ3) is 6.81. The summed E-state index contributed by atoms with van der Waals surface area (Å²) in [7, 11) is 0. The van der Waals surface area contributed by atoms with E-state index in [0.29, 0.717) is 11.8 Å². The van der Waals surface area contributed by atoms with Gasteiger partial charge >= 0.3 is 11.9 Å². The molecule has 1 unspecified atom stereocenters. The number of halogens is 2. The van der Waals surface area contributed by atoms with Crippen molar-refractivity contribution in [1.82, 2.24) is 0 Å². The van der Waals surface area contributed by atoms with E-state index in [0.717, 1.165) is 22.3 Å². The monoisotopic (exact) mass is 573 g/mol. The zero-order valence-electron chi connectivity index (χ0n) is 20.3. The molecule has 1 N–H and O–H groups in total. The number of carbonyl (C=O) groups is 2. The Labute approximate surface area is 228 Å². The molecule has 0 bridgehead atoms. The predicted octanol–water partition coefficient (Wildman–Crippen LogP) is 7.15. The summed E-state index contributed by atoms with van der Waals surface area (Å²) in [5.41, 5.74) is 4.46. The highest BCUT2D eigenvalue weighted by molar-refractivity contribution is 9.09. The number of hydrogen-bond acceptors (Lipinski definition) is 5. The van der Waals surface area contributed by atoms with Crippen LogP contribution in [0.2, 0.25) is 0 Å². The molecule has 7 heteroatoms. The maximum absolute atomic E-state index is 14.6. The first-order valence-corrected chi connectivity index (χ1v) is 12.9. The van der Waals surface area contributed by atoms with Gasteiger partial charge in [-0.15, -0.1) is 0 Å². The number of carbonyl (C=O) groups excluding carboxylic acids is 2. The van der Waals surface area contributed by atoms with E-state index in [1.165, 1.54) is 0 Å². The summed E-state index contributed by atoms with van der Waals surface area (Å²) in [5.74, 6) is -1.34. The van der Waals surface area contributed by atoms with Crippen LogP contribution >= 0.6 is 15.9 Å². The lowest BCUT2D eigenvalue weighted by Crippen LogP contribution is -2.39. The van der Waals surface area contributed by atoms with E-state index in [-0.39, 0.29) is 12.2 Å². The van der Waals surface area contributed by atoms with E-state index in [1.807, 2.05) is 72.8 Å². The molecule has 192 valence electrons. The smallest absolute Gasteiger partial charge is 0.338 e. The number of hydrogen-bond donors (Lipinski definition) is 1. The van der Waals surface area contributed by atoms with Crippen LogP contribution in [0.15, 0.2) is 109 Å². The molecular formula is C31H25BrFNO4. The average molecular weight is 574 g/mol. The van der Waals surface area contributed by atoms with Crippen molar-refractivity contribution in [3.63, 3.8) is 0 Å². The lowest BCUT2D eigenvalue weighted by molar-refractivity contribution is 0.00882. The molecule has 0 spiro atoms. The third-order valence-corrected chi connectivity index (χ3v) is 6.69. The Kier molecular flexibility index (Phi) is 9.16. The molecule has 0 aliphatic heterocycles. The Hall–Kier alpha value is -4.10. The summed E-state index contributed by atoms with van der Waals surface area (Å²) in [5, 5.41) is 7.33. The van der Waals surface area contributed by atoms with Gasteiger partial charge in [0.15, 0.2) is 12.3 Å². The summed E-state index contributed by atoms with van der Waals surface area (Å²) in [6.45, 7) is -0.265. The Morgan fingerprint density at radius 2 is 1.13 bits per heavy atom. The average Bonchev–Trinajstić information content (AvgIpc) is 2.99. The Morgan fingerprint density at radius 3 is 1.58 bits per heavy atom. The van der Waals surface area contributed by atoms with Crippen LogP contribution in [-0.4, -0.2) is 41.9 Å². The van der Waals surface area contributed by atoms with E-state index in [9.17, 15) is 14.0 Å². The van der Waals surface area contributed by atoms with Gasteiger partial charge in [0.2, 0.25) is 0 Å². The molecule has 4 rings (SSSR count). The van der Waals surface area contributed by atoms with Gasteiger partial charge in [0.1, 0.15) is 6.61 Å². The van der Waals surface area contributed by atoms with E-state index >= 15 is 0 Å². The summed E-state index contributed by atoms with van der Waals surface area (Å²) >= 11 is 3.27. The van der Waals surface area contributed by atoms with Crippen molar-refractivity contribution in [3.8, 4) is 22.3 Å². The van der Waals surface area contributed by atoms with Gasteiger partial charge in [-0.3, -0.25) is 0 Å². The summed E-state index contributed by atoms with van der Waals surface area (Å²) in [4.78, 5) is 24.4. The predicted molar refractivity (Wildman–Crippen MR) is 150 cm³/mol. The van der Waals surface area contributed by atoms with Gasteiger partial charge in [0, 0.05) is 6.21 Å². The molecule has 0 radical (unpaired) electrons. The van der Waals surface area contributed by atoms with Crippen LogP contribution in [0.4, 0.5) is 4.39 Å². The van der Waals surface area contributed by atoms with Crippen LogP contribution < -0.4 is 0 Å². The number of rotatable bonds is 10. The van der Waals surface area contributed by atoms with Crippen LogP contribution in [0.3, 0.4) is 0 Å². The van der Waals surface area contributed by atoms with Gasteiger partial charge in [-0.05, 0) is 46.5 Å². The summed E-state index contributed by atoms with van der Waals surface area (Å²) in [6, 6.07) is 33.1. The highest BCUT2D eigenvalue weighted by Crippen LogP contribution is 2.23. The quantitative estimate of drug-likeness (QED) is 0.124. The molecule has 0 aliphatic carbocycles. The fraction of sp³-hybridized carbons (Fsp3) is 0.129. The highest BCUT2D eigenvalue weighted by Gasteiger charge is 2.32. The molecule has 38 heavy (non-hydrogen) atoms. The minimum atomic E-state index is -1.89. The summed E-state index contributed by atoms with van der Waals surface area (Å²) in [6.07, 6.45) is -2.72. The maximum atomic E-state index is 14.6. The third-order valence-electron chi connectivity index (χ3n) is 5.90. The van der Waals surface area contributed by atoms with Gasteiger partial charge in [-0.1, -0.05) is 101 Å². The normalized spacial score (nSPS) is 13.1. The first kappa shape index (κ1) is 26.9. The van der Waals surface area contributed by atoms with Crippen molar-refractivity contribution in [2.75, 3.05) is 6.61 Å². The van der Waals surface area contributed by atoms with Crippen molar-refractivity contribution < 1.29 is 23.5 Å². The minimum absolute atomic E-state index is 0.238. The summed E-state index contributed by atoms with van der Waals surface area (Å²) < 4.78 is 25.3. The van der Waals surface area contributed by atoms with Gasteiger partial charge in [0.25, 0.3) is 0 Å². The van der Waals surface area contributed by atoms with E-state index in [1.54, 1.807) is 36.4 Å². The molecule has 0 saturated heterocycles. The Morgan fingerprint density at radius 1 is 0.711 bits per heavy atom. The molecule has 0 fully saturated rings. The van der Waals surface area contributed by atoms with Crippen LogP contribution in [0.25, 0.3) is 22.3 Å². The van der Waals surface area contributed by atoms with Crippen molar-refractivity contribution in [3.05, 3.63) is 120 Å². The molecule has 0 aliphatic rings. The van der Waals surface area contributed by atoms with Crippen LogP contribution in [0, 0.1) is 5.41 Å². The fourth-order valence-corrected chi connectivity index (χ4v) is 4.35. The van der Waals surface area contributed by atoms with Gasteiger partial charge in [0.05, 0.1) is 16.0 Å². The number of benzene rings is 4. The fourth-order valence-electron chi connectivity index (χ4n) is 3.82. The largest absolute Gasteiger partial charge is 0.461 e. The second-order valence-electron chi connectivity index (χ2n) is 8.48. The van der Waals surface area contributed by atoms with E-state index in [4.69, 9.17) is 14.9 Å². The number of nitrogens with one attached hydrogen (secondary N) is 1. The first-order valence-electron chi connectivity index (χ1n) is 11.9. The van der Waals surface area contributed by atoms with E-state index in [2.05, 4.69) is 15.9 Å². The number of ether oxygens (including phenoxy) is 2. The minimum Gasteiger partial charge on any atom is -0.461 e. The molecule has 4 aromatic carbocycles. The van der Waals surface area contributed by atoms with Gasteiger partial charge in [-0.2, -0.15) is 0 Å². The van der Waals surface area contributed by atoms with E-state index < -0.39 is 29.0 Å². The van der Waals surface area contributed by atoms with Crippen LogP contribution in [0.1, 0.15) is 20.7 Å². The van der Waals surface area contributed by atoms with Crippen molar-refractivity contribution in [1.29, 1.82) is 5.41 Å². The standard InChI is InChI=1S/C31H25BrFNO4/c32-27(20-37-30(35)25-15-11-23(12-16-25)21-7-3-1-4-8-21)29(28(33)19-34)38-31(36)26-17-13-24(14-18-26)22-9-5-2-6-10-22/h1-19,27-29,34H,20H2/t27-,28+,29?/m0/s1. The molecule has 0 heterocycles. The second kappa shape index (κ2) is 12.9. The zero-order chi connectivity index (χ0) is 26.9. The van der Waals surface area contributed by atoms with Gasteiger partial charge < -0.3 is 14.9 Å². The Balaban J connectivity index is 1.37. The molecule has 0 amide bonds. The molecule has 0 saturated carbocycles. The Bertz CT molecular complexity index is 1360. The SMILES string of the molecule is N=C[C@@H](F)C(OC(=O)c1ccc(-c2ccccc2)cc1)[C@@H](Br)COC(=O)c1ccc(-c2ccccc2)cc1. The lowest BCUT2D eigenvalue weighted by atomic mass is 10.0. The molecule has 4 aromatic rings. The van der Waals surface area contributed by atoms with Crippen molar-refractivity contribution in [2.45, 2.75) is 17.1 Å². The highest BCUT2D eigenvalue weighted by atomic mass is 79.9.